The van der Waals surface area contributed by atoms with Gasteiger partial charge in [-0.2, -0.15) is 0 Å². The molecule has 0 atom stereocenters. The Bertz CT molecular complexity index is 997. The molecule has 0 spiro atoms. The van der Waals surface area contributed by atoms with Gasteiger partial charge in [0.25, 0.3) is 0 Å². The minimum atomic E-state index is -0.426. The summed E-state index contributed by atoms with van der Waals surface area (Å²) in [5, 5.41) is 0. The number of rotatable bonds is 6. The third-order valence-corrected chi connectivity index (χ3v) is 4.57. The SMILES string of the molecule is CCOC(=O)c1c(C)nc(-c2ccc(N(C)C)cc2)nc1-c1ccc(OC)cc1. The lowest BCUT2D eigenvalue weighted by Crippen LogP contribution is -2.12. The first kappa shape index (κ1) is 20.3. The normalized spacial score (nSPS) is 10.5. The van der Waals surface area contributed by atoms with Gasteiger partial charge in [0.15, 0.2) is 5.82 Å². The van der Waals surface area contributed by atoms with Gasteiger partial charge >= 0.3 is 5.97 Å². The smallest absolute Gasteiger partial charge is 0.342 e. The highest BCUT2D eigenvalue weighted by Gasteiger charge is 2.21. The molecule has 2 aromatic carbocycles. The summed E-state index contributed by atoms with van der Waals surface area (Å²) in [6.07, 6.45) is 0. The van der Waals surface area contributed by atoms with Gasteiger partial charge in [-0.3, -0.25) is 0 Å². The van der Waals surface area contributed by atoms with Crippen molar-refractivity contribution in [2.75, 3.05) is 32.7 Å². The van der Waals surface area contributed by atoms with Crippen LogP contribution in [0.15, 0.2) is 48.5 Å². The lowest BCUT2D eigenvalue weighted by molar-refractivity contribution is 0.0525. The van der Waals surface area contributed by atoms with E-state index in [0.29, 0.717) is 22.8 Å². The fourth-order valence-corrected chi connectivity index (χ4v) is 3.02. The number of carbonyl (C=O) groups excluding carboxylic acids is 1. The van der Waals surface area contributed by atoms with E-state index in [1.165, 1.54) is 0 Å². The molecular weight excluding hydrogens is 366 g/mol. The Hall–Kier alpha value is -3.41. The largest absolute Gasteiger partial charge is 0.497 e. The van der Waals surface area contributed by atoms with E-state index in [-0.39, 0.29) is 6.61 Å². The van der Waals surface area contributed by atoms with Crippen molar-refractivity contribution < 1.29 is 14.3 Å². The molecule has 0 saturated heterocycles. The number of hydrogen-bond acceptors (Lipinski definition) is 6. The summed E-state index contributed by atoms with van der Waals surface area (Å²) in [5.74, 6) is 0.869. The second-order valence-electron chi connectivity index (χ2n) is 6.75. The molecule has 1 aromatic heterocycles. The lowest BCUT2D eigenvalue weighted by atomic mass is 10.0. The van der Waals surface area contributed by atoms with Crippen LogP contribution in [0.1, 0.15) is 23.0 Å². The van der Waals surface area contributed by atoms with Crippen LogP contribution in [0.3, 0.4) is 0 Å². The van der Waals surface area contributed by atoms with Gasteiger partial charge in [0.1, 0.15) is 11.3 Å². The molecule has 29 heavy (non-hydrogen) atoms. The van der Waals surface area contributed by atoms with Crippen molar-refractivity contribution in [3.63, 3.8) is 0 Å². The van der Waals surface area contributed by atoms with Gasteiger partial charge < -0.3 is 14.4 Å². The van der Waals surface area contributed by atoms with Crippen LogP contribution in [0, 0.1) is 6.92 Å². The molecule has 0 aliphatic carbocycles. The van der Waals surface area contributed by atoms with Gasteiger partial charge in [-0.1, -0.05) is 0 Å². The standard InChI is InChI=1S/C23H25N3O3/c1-6-29-23(27)20-15(2)24-22(17-7-11-18(12-8-17)26(3)4)25-21(20)16-9-13-19(28-5)14-10-16/h7-14H,6H2,1-5H3. The van der Waals surface area contributed by atoms with Crippen molar-refractivity contribution in [1.82, 2.24) is 9.97 Å². The van der Waals surface area contributed by atoms with Crippen molar-refractivity contribution in [1.29, 1.82) is 0 Å². The minimum absolute atomic E-state index is 0.286. The quantitative estimate of drug-likeness (QED) is 0.582. The number of esters is 1. The first-order chi connectivity index (χ1) is 13.9. The molecule has 0 N–H and O–H groups in total. The topological polar surface area (TPSA) is 64.5 Å². The maximum Gasteiger partial charge on any atom is 0.342 e. The van der Waals surface area contributed by atoms with Crippen LogP contribution in [0.25, 0.3) is 22.6 Å². The highest BCUT2D eigenvalue weighted by atomic mass is 16.5. The highest BCUT2D eigenvalue weighted by Crippen LogP contribution is 2.29. The predicted octanol–water partition coefficient (Wildman–Crippen LogP) is 4.37. The van der Waals surface area contributed by atoms with E-state index in [0.717, 1.165) is 22.6 Å². The predicted molar refractivity (Wildman–Crippen MR) is 114 cm³/mol. The summed E-state index contributed by atoms with van der Waals surface area (Å²) in [5.41, 5.74) is 4.27. The van der Waals surface area contributed by atoms with Gasteiger partial charge in [0, 0.05) is 30.9 Å². The van der Waals surface area contributed by atoms with Crippen LogP contribution in [0.2, 0.25) is 0 Å². The van der Waals surface area contributed by atoms with E-state index in [4.69, 9.17) is 14.5 Å². The monoisotopic (exact) mass is 391 g/mol. The maximum absolute atomic E-state index is 12.6. The first-order valence-electron chi connectivity index (χ1n) is 9.42. The Morgan fingerprint density at radius 1 is 0.966 bits per heavy atom. The van der Waals surface area contributed by atoms with Gasteiger partial charge in [0.05, 0.1) is 25.1 Å². The van der Waals surface area contributed by atoms with Crippen LogP contribution in [0.4, 0.5) is 5.69 Å². The summed E-state index contributed by atoms with van der Waals surface area (Å²) < 4.78 is 10.5. The van der Waals surface area contributed by atoms with Crippen LogP contribution < -0.4 is 9.64 Å². The first-order valence-corrected chi connectivity index (χ1v) is 9.42. The van der Waals surface area contributed by atoms with Crippen molar-refractivity contribution >= 4 is 11.7 Å². The molecule has 0 aliphatic rings. The molecule has 0 bridgehead atoms. The number of aromatic nitrogens is 2. The molecule has 150 valence electrons. The van der Waals surface area contributed by atoms with Crippen LogP contribution in [-0.4, -0.2) is 43.7 Å². The second kappa shape index (κ2) is 8.73. The van der Waals surface area contributed by atoms with E-state index in [2.05, 4.69) is 4.98 Å². The molecule has 6 heteroatoms. The summed E-state index contributed by atoms with van der Waals surface area (Å²) in [6, 6.07) is 15.4. The van der Waals surface area contributed by atoms with Gasteiger partial charge in [-0.05, 0) is 62.4 Å². The number of methoxy groups -OCH3 is 1. The van der Waals surface area contributed by atoms with Crippen molar-refractivity contribution in [3.8, 4) is 28.4 Å². The van der Waals surface area contributed by atoms with E-state index in [9.17, 15) is 4.79 Å². The number of hydrogen-bond donors (Lipinski definition) is 0. The summed E-state index contributed by atoms with van der Waals surface area (Å²) >= 11 is 0. The van der Waals surface area contributed by atoms with E-state index >= 15 is 0 Å². The Morgan fingerprint density at radius 3 is 2.14 bits per heavy atom. The molecule has 1 heterocycles. The molecule has 3 rings (SSSR count). The molecule has 0 radical (unpaired) electrons. The molecule has 0 amide bonds. The Labute approximate surface area is 171 Å². The number of ether oxygens (including phenoxy) is 2. The van der Waals surface area contributed by atoms with Gasteiger partial charge in [-0.25, -0.2) is 14.8 Å². The Morgan fingerprint density at radius 2 is 1.59 bits per heavy atom. The number of carbonyl (C=O) groups is 1. The van der Waals surface area contributed by atoms with Crippen molar-refractivity contribution in [2.24, 2.45) is 0 Å². The van der Waals surface area contributed by atoms with Crippen molar-refractivity contribution in [2.45, 2.75) is 13.8 Å². The Kier molecular flexibility index (Phi) is 6.12. The summed E-state index contributed by atoms with van der Waals surface area (Å²) in [7, 11) is 5.60. The zero-order valence-electron chi connectivity index (χ0n) is 17.4. The number of nitrogens with zero attached hydrogens (tertiary/aromatic N) is 3. The Balaban J connectivity index is 2.14. The molecule has 6 nitrogen and oxygen atoms in total. The molecular formula is C23H25N3O3. The van der Waals surface area contributed by atoms with E-state index in [1.807, 2.05) is 67.5 Å². The molecule has 0 fully saturated rings. The highest BCUT2D eigenvalue weighted by molar-refractivity contribution is 5.97. The molecule has 0 saturated carbocycles. The zero-order chi connectivity index (χ0) is 21.0. The number of benzene rings is 2. The third-order valence-electron chi connectivity index (χ3n) is 4.57. The third kappa shape index (κ3) is 4.37. The van der Waals surface area contributed by atoms with Crippen LogP contribution in [0.5, 0.6) is 5.75 Å². The number of aryl methyl sites for hydroxylation is 1. The fourth-order valence-electron chi connectivity index (χ4n) is 3.02. The van der Waals surface area contributed by atoms with Crippen LogP contribution >= 0.6 is 0 Å². The van der Waals surface area contributed by atoms with E-state index < -0.39 is 5.97 Å². The molecule has 3 aromatic rings. The number of anilines is 1. The summed E-state index contributed by atoms with van der Waals surface area (Å²) in [4.78, 5) is 24.0. The summed E-state index contributed by atoms with van der Waals surface area (Å²) in [6.45, 7) is 3.87. The molecule has 0 unspecified atom stereocenters. The van der Waals surface area contributed by atoms with E-state index in [1.54, 1.807) is 21.0 Å². The van der Waals surface area contributed by atoms with Gasteiger partial charge in [0.2, 0.25) is 0 Å². The lowest BCUT2D eigenvalue weighted by Gasteiger charge is -2.15. The fraction of sp³-hybridized carbons (Fsp3) is 0.261. The van der Waals surface area contributed by atoms with Crippen molar-refractivity contribution in [3.05, 3.63) is 59.8 Å². The zero-order valence-corrected chi connectivity index (χ0v) is 17.4. The van der Waals surface area contributed by atoms with Crippen LogP contribution in [-0.2, 0) is 4.74 Å². The average Bonchev–Trinajstić information content (AvgIpc) is 2.73. The average molecular weight is 391 g/mol. The minimum Gasteiger partial charge on any atom is -0.497 e. The maximum atomic E-state index is 12.6. The molecule has 0 aliphatic heterocycles. The second-order valence-corrected chi connectivity index (χ2v) is 6.75. The van der Waals surface area contributed by atoms with Gasteiger partial charge in [-0.15, -0.1) is 0 Å².